The van der Waals surface area contributed by atoms with Crippen LogP contribution in [0, 0.1) is 17.1 Å². The molecule has 120 valence electrons. The summed E-state index contributed by atoms with van der Waals surface area (Å²) in [6, 6.07) is 13.6. The van der Waals surface area contributed by atoms with E-state index in [1.807, 2.05) is 24.3 Å². The van der Waals surface area contributed by atoms with Gasteiger partial charge < -0.3 is 9.72 Å². The first kappa shape index (κ1) is 15.7. The van der Waals surface area contributed by atoms with Gasteiger partial charge in [-0.2, -0.15) is 5.26 Å². The number of H-pyrrole nitrogens is 1. The number of methoxy groups -OCH3 is 1. The number of nitrogens with one attached hydrogen (secondary N) is 1. The fourth-order valence-electron chi connectivity index (χ4n) is 2.52. The first-order valence-corrected chi connectivity index (χ1v) is 7.31. The smallest absolute Gasteiger partial charge is 0.165 e. The molecular weight excluding hydrogens is 309 g/mol. The molecule has 0 saturated carbocycles. The number of ether oxygens (including phenoxy) is 1. The van der Waals surface area contributed by atoms with Gasteiger partial charge in [-0.25, -0.2) is 9.37 Å². The molecule has 0 amide bonds. The van der Waals surface area contributed by atoms with Crippen molar-refractivity contribution in [3.63, 3.8) is 0 Å². The quantitative estimate of drug-likeness (QED) is 0.782. The molecule has 3 aromatic rings. The molecule has 0 fully saturated rings. The average molecular weight is 323 g/mol. The average Bonchev–Trinajstić information content (AvgIpc) is 2.99. The zero-order chi connectivity index (χ0) is 17.1. The molecule has 3 rings (SSSR count). The van der Waals surface area contributed by atoms with Crippen LogP contribution in [0.1, 0.15) is 17.3 Å². The van der Waals surface area contributed by atoms with E-state index in [-0.39, 0.29) is 18.0 Å². The van der Waals surface area contributed by atoms with Gasteiger partial charge in [0, 0.05) is 6.42 Å². The Morgan fingerprint density at radius 1 is 1.38 bits per heavy atom. The molecule has 1 atom stereocenters. The number of halogens is 1. The van der Waals surface area contributed by atoms with E-state index < -0.39 is 11.7 Å². The summed E-state index contributed by atoms with van der Waals surface area (Å²) in [4.78, 5) is 19.7. The second kappa shape index (κ2) is 6.50. The Morgan fingerprint density at radius 2 is 2.17 bits per heavy atom. The zero-order valence-corrected chi connectivity index (χ0v) is 12.9. The van der Waals surface area contributed by atoms with Crippen LogP contribution in [0.25, 0.3) is 11.0 Å². The second-order valence-electron chi connectivity index (χ2n) is 5.31. The molecule has 1 unspecified atom stereocenters. The van der Waals surface area contributed by atoms with Gasteiger partial charge in [0.1, 0.15) is 5.82 Å². The van der Waals surface area contributed by atoms with Crippen LogP contribution < -0.4 is 4.74 Å². The second-order valence-corrected chi connectivity index (χ2v) is 5.31. The summed E-state index contributed by atoms with van der Waals surface area (Å²) in [6.45, 7) is 0. The van der Waals surface area contributed by atoms with E-state index in [0.29, 0.717) is 16.9 Å². The normalized spacial score (nSPS) is 11.9. The lowest BCUT2D eigenvalue weighted by atomic mass is 9.98. The number of nitrogens with zero attached hydrogens (tertiary/aromatic N) is 2. The van der Waals surface area contributed by atoms with Gasteiger partial charge in [0.2, 0.25) is 0 Å². The number of rotatable bonds is 5. The fourth-order valence-corrected chi connectivity index (χ4v) is 2.52. The van der Waals surface area contributed by atoms with Gasteiger partial charge in [0.15, 0.2) is 23.3 Å². The van der Waals surface area contributed by atoms with E-state index in [2.05, 4.69) is 9.97 Å². The minimum absolute atomic E-state index is 0.0593. The van der Waals surface area contributed by atoms with Gasteiger partial charge in [-0.05, 0) is 29.8 Å². The minimum Gasteiger partial charge on any atom is -0.494 e. The highest BCUT2D eigenvalue weighted by Crippen LogP contribution is 2.22. The van der Waals surface area contributed by atoms with Crippen molar-refractivity contribution in [3.8, 4) is 11.8 Å². The van der Waals surface area contributed by atoms with Gasteiger partial charge in [-0.3, -0.25) is 4.79 Å². The van der Waals surface area contributed by atoms with Crippen LogP contribution in [-0.4, -0.2) is 22.9 Å². The maximum Gasteiger partial charge on any atom is 0.165 e. The molecule has 0 aliphatic carbocycles. The van der Waals surface area contributed by atoms with Crippen molar-refractivity contribution in [1.82, 2.24) is 9.97 Å². The standard InChI is InChI=1S/C18H14FN3O2/c1-24-17-7-6-11(8-13(17)19)9-16(23)12(10-20)18-21-14-4-2-3-5-15(14)22-18/h2-8,12H,9H2,1H3,(H,21,22). The molecule has 2 aromatic carbocycles. The fraction of sp³-hybridized carbons (Fsp3) is 0.167. The number of aromatic amines is 1. The van der Waals surface area contributed by atoms with E-state index in [0.717, 1.165) is 5.52 Å². The van der Waals surface area contributed by atoms with Gasteiger partial charge >= 0.3 is 0 Å². The lowest BCUT2D eigenvalue weighted by Gasteiger charge is -2.07. The molecule has 5 nitrogen and oxygen atoms in total. The lowest BCUT2D eigenvalue weighted by molar-refractivity contribution is -0.118. The Hall–Kier alpha value is -3.20. The van der Waals surface area contributed by atoms with Crippen molar-refractivity contribution in [3.05, 3.63) is 59.7 Å². The predicted molar refractivity (Wildman–Crippen MR) is 86.1 cm³/mol. The SMILES string of the molecule is COc1ccc(CC(=O)C(C#N)c2nc3ccccc3[nH]2)cc1F. The van der Waals surface area contributed by atoms with Gasteiger partial charge in [-0.15, -0.1) is 0 Å². The molecule has 6 heteroatoms. The van der Waals surface area contributed by atoms with Crippen LogP contribution in [0.4, 0.5) is 4.39 Å². The maximum absolute atomic E-state index is 13.7. The number of hydrogen-bond donors (Lipinski definition) is 1. The minimum atomic E-state index is -1.03. The van der Waals surface area contributed by atoms with Crippen LogP contribution in [-0.2, 0) is 11.2 Å². The van der Waals surface area contributed by atoms with E-state index >= 15 is 0 Å². The maximum atomic E-state index is 13.7. The molecule has 0 bridgehead atoms. The summed E-state index contributed by atoms with van der Waals surface area (Å²) in [5.74, 6) is -1.50. The van der Waals surface area contributed by atoms with E-state index in [9.17, 15) is 14.4 Å². The van der Waals surface area contributed by atoms with Crippen LogP contribution >= 0.6 is 0 Å². The van der Waals surface area contributed by atoms with E-state index in [4.69, 9.17) is 4.74 Å². The van der Waals surface area contributed by atoms with Crippen molar-refractivity contribution in [2.24, 2.45) is 0 Å². The predicted octanol–water partition coefficient (Wildman–Crippen LogP) is 3.13. The number of benzene rings is 2. The highest BCUT2D eigenvalue weighted by atomic mass is 19.1. The molecule has 1 N–H and O–H groups in total. The molecule has 24 heavy (non-hydrogen) atoms. The number of nitriles is 1. The van der Waals surface area contributed by atoms with E-state index in [1.165, 1.54) is 19.2 Å². The van der Waals surface area contributed by atoms with Gasteiger partial charge in [-0.1, -0.05) is 18.2 Å². The number of ketones is 1. The topological polar surface area (TPSA) is 78.8 Å². The highest BCUT2D eigenvalue weighted by molar-refractivity contribution is 5.90. The van der Waals surface area contributed by atoms with Crippen molar-refractivity contribution in [2.45, 2.75) is 12.3 Å². The van der Waals surface area contributed by atoms with Crippen LogP contribution in [0.5, 0.6) is 5.75 Å². The largest absolute Gasteiger partial charge is 0.494 e. The highest BCUT2D eigenvalue weighted by Gasteiger charge is 2.24. The Balaban J connectivity index is 1.84. The number of imidazole rings is 1. The molecule has 0 spiro atoms. The summed E-state index contributed by atoms with van der Waals surface area (Å²) < 4.78 is 18.6. The van der Waals surface area contributed by atoms with Crippen LogP contribution in [0.2, 0.25) is 0 Å². The molecule has 0 aliphatic rings. The Kier molecular flexibility index (Phi) is 4.25. The zero-order valence-electron chi connectivity index (χ0n) is 12.9. The molecule has 0 radical (unpaired) electrons. The van der Waals surface area contributed by atoms with E-state index in [1.54, 1.807) is 12.1 Å². The van der Waals surface area contributed by atoms with Crippen molar-refractivity contribution in [2.75, 3.05) is 7.11 Å². The third kappa shape index (κ3) is 2.97. The van der Waals surface area contributed by atoms with Crippen molar-refractivity contribution < 1.29 is 13.9 Å². The lowest BCUT2D eigenvalue weighted by Crippen LogP contribution is -2.15. The number of para-hydroxylation sites is 2. The number of carbonyl (C=O) groups is 1. The van der Waals surface area contributed by atoms with Gasteiger partial charge in [0.25, 0.3) is 0 Å². The molecule has 1 aromatic heterocycles. The Bertz CT molecular complexity index is 910. The number of carbonyl (C=O) groups excluding carboxylic acids is 1. The van der Waals surface area contributed by atoms with Crippen molar-refractivity contribution in [1.29, 1.82) is 5.26 Å². The van der Waals surface area contributed by atoms with Crippen LogP contribution in [0.15, 0.2) is 42.5 Å². The first-order valence-electron chi connectivity index (χ1n) is 7.31. The Labute approximate surface area is 137 Å². The first-order chi connectivity index (χ1) is 11.6. The van der Waals surface area contributed by atoms with Crippen LogP contribution in [0.3, 0.4) is 0 Å². The number of Topliss-reactive ketones (excluding diaryl/α,β-unsaturated/α-hetero) is 1. The Morgan fingerprint density at radius 3 is 2.83 bits per heavy atom. The molecule has 0 saturated heterocycles. The van der Waals surface area contributed by atoms with Gasteiger partial charge in [0.05, 0.1) is 24.2 Å². The van der Waals surface area contributed by atoms with Crippen molar-refractivity contribution >= 4 is 16.8 Å². The summed E-state index contributed by atoms with van der Waals surface area (Å²) in [7, 11) is 1.37. The summed E-state index contributed by atoms with van der Waals surface area (Å²) in [6.07, 6.45) is -0.0593. The number of fused-ring (bicyclic) bond motifs is 1. The number of hydrogen-bond acceptors (Lipinski definition) is 4. The summed E-state index contributed by atoms with van der Waals surface area (Å²) in [5.41, 5.74) is 1.93. The summed E-state index contributed by atoms with van der Waals surface area (Å²) in [5, 5.41) is 9.36. The third-order valence-corrected chi connectivity index (χ3v) is 3.73. The molecule has 1 heterocycles. The monoisotopic (exact) mass is 323 g/mol. The number of aromatic nitrogens is 2. The molecular formula is C18H14FN3O2. The summed E-state index contributed by atoms with van der Waals surface area (Å²) >= 11 is 0. The third-order valence-electron chi connectivity index (χ3n) is 3.73. The molecule has 0 aliphatic heterocycles.